The van der Waals surface area contributed by atoms with Crippen LogP contribution in [0.4, 0.5) is 0 Å². The van der Waals surface area contributed by atoms with Crippen molar-refractivity contribution in [3.8, 4) is 5.75 Å². The number of amides is 1. The van der Waals surface area contributed by atoms with Crippen LogP contribution in [0, 0.1) is 0 Å². The quantitative estimate of drug-likeness (QED) is 0.799. The molecule has 0 saturated carbocycles. The van der Waals surface area contributed by atoms with Gasteiger partial charge in [0.2, 0.25) is 5.91 Å². The van der Waals surface area contributed by atoms with Crippen LogP contribution in [-0.4, -0.2) is 36.2 Å². The maximum Gasteiger partial charge on any atom is 0.394 e. The monoisotopic (exact) mass is 322 g/mol. The van der Waals surface area contributed by atoms with Crippen LogP contribution in [0.15, 0.2) is 12.1 Å². The van der Waals surface area contributed by atoms with Crippen LogP contribution in [0.5, 0.6) is 5.75 Å². The fraction of sp³-hybridized carbons (Fsp3) is 0.357. The van der Waals surface area contributed by atoms with Crippen LogP contribution in [0.25, 0.3) is 0 Å². The lowest BCUT2D eigenvalue weighted by Crippen LogP contribution is -2.45. The zero-order valence-electron chi connectivity index (χ0n) is 11.9. The number of carbonyl (C=O) groups is 3. The van der Waals surface area contributed by atoms with E-state index in [1.807, 2.05) is 0 Å². The lowest BCUT2D eigenvalue weighted by molar-refractivity contribution is -0.124. The third-order valence-corrected chi connectivity index (χ3v) is 3.42. The van der Waals surface area contributed by atoms with Crippen molar-refractivity contribution < 1.29 is 24.1 Å². The van der Waals surface area contributed by atoms with Gasteiger partial charge in [-0.3, -0.25) is 4.79 Å². The van der Waals surface area contributed by atoms with Crippen molar-refractivity contribution in [3.05, 3.63) is 28.3 Å². The molecule has 8 heteroatoms. The molecule has 6 nitrogen and oxygen atoms in total. The zero-order valence-corrected chi connectivity index (χ0v) is 12.6. The molecule has 1 aromatic rings. The van der Waals surface area contributed by atoms with Crippen LogP contribution >= 0.6 is 11.6 Å². The van der Waals surface area contributed by atoms with Gasteiger partial charge in [-0.15, -0.1) is 0 Å². The molecule has 1 atom stereocenters. The molecule has 2 rings (SSSR count). The molecule has 0 spiro atoms. The summed E-state index contributed by atoms with van der Waals surface area (Å²) in [5, 5.41) is 12.2. The van der Waals surface area contributed by atoms with Gasteiger partial charge in [0.1, 0.15) is 17.1 Å². The van der Waals surface area contributed by atoms with E-state index in [1.165, 1.54) is 20.5 Å². The Morgan fingerprint density at radius 2 is 2.14 bits per heavy atom. The third kappa shape index (κ3) is 4.01. The molecule has 0 bridgehead atoms. The molecule has 0 aliphatic carbocycles. The molecule has 0 saturated heterocycles. The molecule has 1 aliphatic heterocycles. The van der Waals surface area contributed by atoms with E-state index in [9.17, 15) is 14.4 Å². The van der Waals surface area contributed by atoms with E-state index >= 15 is 0 Å². The number of benzene rings is 1. The summed E-state index contributed by atoms with van der Waals surface area (Å²) < 4.78 is 5.36. The van der Waals surface area contributed by atoms with Gasteiger partial charge in [-0.25, -0.2) is 4.79 Å². The number of rotatable bonds is 5. The highest BCUT2D eigenvalue weighted by molar-refractivity contribution is 6.33. The lowest BCUT2D eigenvalue weighted by Gasteiger charge is -2.26. The molecule has 0 fully saturated rings. The van der Waals surface area contributed by atoms with Crippen LogP contribution < -0.4 is 9.97 Å². The van der Waals surface area contributed by atoms with Gasteiger partial charge in [0.15, 0.2) is 0 Å². The summed E-state index contributed by atoms with van der Waals surface area (Å²) in [7, 11) is 1.38. The second-order valence-corrected chi connectivity index (χ2v) is 5.52. The van der Waals surface area contributed by atoms with Gasteiger partial charge in [-0.2, -0.15) is 0 Å². The number of aromatic carboxylic acids is 1. The SMILES string of the molecule is CC(=O)CCC(=O)NC1[B]Oc2c(cc(Cl)cc2C(=O)O)C1. The molecular formula is C14H14BClNO5. The van der Waals surface area contributed by atoms with Gasteiger partial charge in [0.05, 0.1) is 0 Å². The first kappa shape index (κ1) is 16.4. The average molecular weight is 323 g/mol. The molecule has 1 radical (unpaired) electrons. The standard InChI is InChI=1S/C14H14BClNO5/c1-7(18)2-3-12(19)17-11-5-8-4-9(16)6-10(14(20)21)13(8)22-15-11/h4,6,11H,2-3,5H2,1H3,(H,17,19)(H,20,21). The number of hydrogen-bond acceptors (Lipinski definition) is 4. The third-order valence-electron chi connectivity index (χ3n) is 3.20. The zero-order chi connectivity index (χ0) is 16.3. The molecule has 1 aliphatic rings. The molecule has 1 unspecified atom stereocenters. The van der Waals surface area contributed by atoms with Crippen molar-refractivity contribution in [1.29, 1.82) is 0 Å². The summed E-state index contributed by atoms with van der Waals surface area (Å²) in [6.45, 7) is 1.43. The highest BCUT2D eigenvalue weighted by Crippen LogP contribution is 2.31. The molecular weight excluding hydrogens is 308 g/mol. The first-order chi connectivity index (χ1) is 10.4. The van der Waals surface area contributed by atoms with E-state index in [-0.39, 0.29) is 35.8 Å². The number of hydrogen-bond donors (Lipinski definition) is 2. The molecule has 1 aromatic carbocycles. The van der Waals surface area contributed by atoms with Crippen LogP contribution in [0.3, 0.4) is 0 Å². The van der Waals surface area contributed by atoms with Crippen LogP contribution in [0.2, 0.25) is 5.02 Å². The van der Waals surface area contributed by atoms with Gasteiger partial charge >= 0.3 is 13.5 Å². The van der Waals surface area contributed by atoms with Crippen molar-refractivity contribution >= 4 is 36.7 Å². The van der Waals surface area contributed by atoms with Crippen molar-refractivity contribution in [2.45, 2.75) is 32.1 Å². The predicted molar refractivity (Wildman–Crippen MR) is 80.3 cm³/mol. The van der Waals surface area contributed by atoms with Gasteiger partial charge in [-0.05, 0) is 31.0 Å². The molecule has 0 aromatic heterocycles. The van der Waals surface area contributed by atoms with Crippen LogP contribution in [0.1, 0.15) is 35.7 Å². The Morgan fingerprint density at radius 3 is 2.77 bits per heavy atom. The number of nitrogens with one attached hydrogen (secondary N) is 1. The summed E-state index contributed by atoms with van der Waals surface area (Å²) in [5.41, 5.74) is 0.601. The summed E-state index contributed by atoms with van der Waals surface area (Å²) in [4.78, 5) is 33.8. The number of fused-ring (bicyclic) bond motifs is 1. The first-order valence-corrected chi connectivity index (χ1v) is 7.09. The van der Waals surface area contributed by atoms with Crippen molar-refractivity contribution in [3.63, 3.8) is 0 Å². The first-order valence-electron chi connectivity index (χ1n) is 6.71. The van der Waals surface area contributed by atoms with E-state index in [4.69, 9.17) is 21.4 Å². The van der Waals surface area contributed by atoms with Gasteiger partial charge in [0, 0.05) is 23.8 Å². The second-order valence-electron chi connectivity index (χ2n) is 5.08. The molecule has 115 valence electrons. The maximum atomic E-state index is 11.7. The molecule has 1 heterocycles. The van der Waals surface area contributed by atoms with E-state index < -0.39 is 11.9 Å². The smallest absolute Gasteiger partial charge is 0.394 e. The van der Waals surface area contributed by atoms with Crippen LogP contribution in [-0.2, 0) is 16.0 Å². The summed E-state index contributed by atoms with van der Waals surface area (Å²) in [6.07, 6.45) is 0.676. The molecule has 22 heavy (non-hydrogen) atoms. The van der Waals surface area contributed by atoms with E-state index in [2.05, 4.69) is 5.32 Å². The van der Waals surface area contributed by atoms with Gasteiger partial charge in [0.25, 0.3) is 0 Å². The largest absolute Gasteiger partial charge is 0.560 e. The van der Waals surface area contributed by atoms with E-state index in [0.29, 0.717) is 17.0 Å². The highest BCUT2D eigenvalue weighted by Gasteiger charge is 2.28. The summed E-state index contributed by atoms with van der Waals surface area (Å²) in [6, 6.07) is 2.94. The minimum Gasteiger partial charge on any atom is -0.560 e. The molecule has 2 N–H and O–H groups in total. The number of carboxylic acids is 1. The Hall–Kier alpha value is -2.02. The van der Waals surface area contributed by atoms with E-state index in [1.54, 1.807) is 6.07 Å². The minimum atomic E-state index is -1.13. The fourth-order valence-electron chi connectivity index (χ4n) is 2.19. The Labute approximate surface area is 133 Å². The topological polar surface area (TPSA) is 92.7 Å². The summed E-state index contributed by atoms with van der Waals surface area (Å²) >= 11 is 5.91. The number of carbonyl (C=O) groups excluding carboxylic acids is 2. The Kier molecular flexibility index (Phi) is 5.08. The number of halogens is 1. The Bertz CT molecular complexity index is 634. The normalized spacial score (nSPS) is 16.0. The Balaban J connectivity index is 2.07. The van der Waals surface area contributed by atoms with Gasteiger partial charge in [-0.1, -0.05) is 11.6 Å². The van der Waals surface area contributed by atoms with E-state index in [0.717, 1.165) is 0 Å². The average Bonchev–Trinajstić information content (AvgIpc) is 2.43. The number of ketones is 1. The van der Waals surface area contributed by atoms with Crippen molar-refractivity contribution in [2.24, 2.45) is 0 Å². The Morgan fingerprint density at radius 1 is 1.41 bits per heavy atom. The second kappa shape index (κ2) is 6.83. The molecule has 1 amide bonds. The minimum absolute atomic E-state index is 0.0138. The summed E-state index contributed by atoms with van der Waals surface area (Å²) in [5.74, 6) is -1.60. The number of Topliss-reactive ketones (excluding diaryl/α,β-unsaturated/α-hetero) is 1. The van der Waals surface area contributed by atoms with Crippen molar-refractivity contribution in [1.82, 2.24) is 5.32 Å². The van der Waals surface area contributed by atoms with Crippen molar-refractivity contribution in [2.75, 3.05) is 0 Å². The highest BCUT2D eigenvalue weighted by atomic mass is 35.5. The predicted octanol–water partition coefficient (Wildman–Crippen LogP) is 1.40. The maximum absolute atomic E-state index is 11.7. The number of carboxylic acid groups (broad SMARTS) is 1. The lowest BCUT2D eigenvalue weighted by atomic mass is 9.79. The van der Waals surface area contributed by atoms with Gasteiger partial charge < -0.3 is 19.9 Å². The fourth-order valence-corrected chi connectivity index (χ4v) is 2.43.